The Balaban J connectivity index is 1.29. The molecule has 0 radical (unpaired) electrons. The lowest BCUT2D eigenvalue weighted by Crippen LogP contribution is -2.69. The highest BCUT2D eigenvalue weighted by Crippen LogP contribution is 2.33. The van der Waals surface area contributed by atoms with Crippen LogP contribution in [-0.4, -0.2) is 93.3 Å². The van der Waals surface area contributed by atoms with Crippen molar-refractivity contribution in [1.29, 1.82) is 0 Å². The van der Waals surface area contributed by atoms with E-state index in [0.29, 0.717) is 25.5 Å². The van der Waals surface area contributed by atoms with Gasteiger partial charge in [-0.2, -0.15) is 4.31 Å². The Bertz CT molecular complexity index is 1680. The largest absolute Gasteiger partial charge is 0.489 e. The predicted octanol–water partition coefficient (Wildman–Crippen LogP) is 6.07. The summed E-state index contributed by atoms with van der Waals surface area (Å²) in [5.41, 5.74) is 2.95. The Morgan fingerprint density at radius 3 is 2.22 bits per heavy atom. The minimum absolute atomic E-state index is 0.0420. The maximum absolute atomic E-state index is 14.4. The van der Waals surface area contributed by atoms with Crippen LogP contribution in [0.1, 0.15) is 29.5 Å². The van der Waals surface area contributed by atoms with Gasteiger partial charge < -0.3 is 24.4 Å². The monoisotopic (exact) mass is 755 g/mol. The number of rotatable bonds is 15. The summed E-state index contributed by atoms with van der Waals surface area (Å²) in [5, 5.41) is 2.11. The van der Waals surface area contributed by atoms with Crippen LogP contribution in [0.2, 0.25) is 25.7 Å². The van der Waals surface area contributed by atoms with Gasteiger partial charge in [-0.3, -0.25) is 4.79 Å². The molecule has 2 fully saturated rings. The SMILES string of the molecule is C[Si](C)(C)CCS(=O)(=O)N1[C@H](CCCNC(=O)OCc2ccccc2)C(=O)N2C[C@H]1[C@@H](Cl)COC[C@@H]2Cc1ccc(OCc2ccccc2)cc1. The molecule has 1 N–H and O–H groups in total. The number of carbonyl (C=O) groups excluding carboxylic acids is 2. The third-order valence-electron chi connectivity index (χ3n) is 9.24. The molecule has 2 aliphatic heterocycles. The van der Waals surface area contributed by atoms with Crippen molar-refractivity contribution in [3.8, 4) is 5.75 Å². The normalized spacial score (nSPS) is 21.4. The third-order valence-corrected chi connectivity index (χ3v) is 13.7. The van der Waals surface area contributed by atoms with Gasteiger partial charge in [-0.25, -0.2) is 13.2 Å². The zero-order valence-corrected chi connectivity index (χ0v) is 32.3. The topological polar surface area (TPSA) is 114 Å². The summed E-state index contributed by atoms with van der Waals surface area (Å²) in [7, 11) is -5.58. The fraction of sp³-hybridized carbons (Fsp3) is 0.474. The minimum atomic E-state index is -3.86. The van der Waals surface area contributed by atoms with E-state index >= 15 is 0 Å². The molecule has 13 heteroatoms. The van der Waals surface area contributed by atoms with Crippen LogP contribution in [0.5, 0.6) is 5.75 Å². The molecule has 4 atom stereocenters. The first kappa shape index (κ1) is 38.8. The Hall–Kier alpha value is -3.42. The number of hydrogen-bond acceptors (Lipinski definition) is 7. The smallest absolute Gasteiger partial charge is 0.407 e. The van der Waals surface area contributed by atoms with Crippen molar-refractivity contribution in [2.45, 2.75) is 81.7 Å². The molecule has 0 spiro atoms. The highest BCUT2D eigenvalue weighted by atomic mass is 35.5. The quantitative estimate of drug-likeness (QED) is 0.114. The molecule has 276 valence electrons. The van der Waals surface area contributed by atoms with Crippen molar-refractivity contribution in [3.05, 3.63) is 102 Å². The zero-order chi connectivity index (χ0) is 36.4. The van der Waals surface area contributed by atoms with Crippen molar-refractivity contribution in [3.63, 3.8) is 0 Å². The molecular formula is C38H50ClN3O7SSi. The van der Waals surface area contributed by atoms with Crippen LogP contribution in [0.25, 0.3) is 0 Å². The molecule has 3 aromatic rings. The number of fused-ring (bicyclic) bond motifs is 2. The maximum atomic E-state index is 14.4. The summed E-state index contributed by atoms with van der Waals surface area (Å²) in [6.07, 6.45) is 0.545. The number of benzene rings is 3. The highest BCUT2D eigenvalue weighted by molar-refractivity contribution is 7.89. The third kappa shape index (κ3) is 11.3. The summed E-state index contributed by atoms with van der Waals surface area (Å²) >= 11 is 6.90. The number of alkyl halides is 1. The molecule has 51 heavy (non-hydrogen) atoms. The number of carbonyl (C=O) groups is 2. The van der Waals surface area contributed by atoms with Crippen molar-refractivity contribution >= 4 is 41.7 Å². The van der Waals surface area contributed by atoms with E-state index in [1.54, 1.807) is 4.90 Å². The molecule has 0 saturated carbocycles. The van der Waals surface area contributed by atoms with Crippen LogP contribution in [0.3, 0.4) is 0 Å². The van der Waals surface area contributed by atoms with Crippen LogP contribution >= 0.6 is 11.6 Å². The van der Waals surface area contributed by atoms with Crippen LogP contribution in [0.4, 0.5) is 4.79 Å². The molecule has 2 amide bonds. The van der Waals surface area contributed by atoms with Gasteiger partial charge in [-0.15, -0.1) is 11.6 Å². The molecule has 2 saturated heterocycles. The van der Waals surface area contributed by atoms with Gasteiger partial charge in [0.05, 0.1) is 36.4 Å². The van der Waals surface area contributed by atoms with E-state index in [2.05, 4.69) is 25.0 Å². The summed E-state index contributed by atoms with van der Waals surface area (Å²) in [5.74, 6) is 0.434. The Kier molecular flexibility index (Phi) is 13.6. The van der Waals surface area contributed by atoms with Crippen LogP contribution < -0.4 is 10.1 Å². The fourth-order valence-corrected chi connectivity index (χ4v) is 11.6. The van der Waals surface area contributed by atoms with Crippen molar-refractivity contribution in [1.82, 2.24) is 14.5 Å². The van der Waals surface area contributed by atoms with Gasteiger partial charge in [0.15, 0.2) is 0 Å². The Morgan fingerprint density at radius 1 is 0.922 bits per heavy atom. The first-order valence-electron chi connectivity index (χ1n) is 17.6. The number of piperazine rings is 1. The molecule has 0 unspecified atom stereocenters. The maximum Gasteiger partial charge on any atom is 0.407 e. The zero-order valence-electron chi connectivity index (χ0n) is 29.7. The number of nitrogens with zero attached hydrogens (tertiary/aromatic N) is 2. The molecule has 0 aromatic heterocycles. The molecule has 2 aliphatic rings. The van der Waals surface area contributed by atoms with Crippen molar-refractivity contribution in [2.24, 2.45) is 0 Å². The van der Waals surface area contributed by atoms with Gasteiger partial charge in [0.25, 0.3) is 0 Å². The molecule has 5 rings (SSSR count). The van der Waals surface area contributed by atoms with E-state index in [-0.39, 0.29) is 57.0 Å². The predicted molar refractivity (Wildman–Crippen MR) is 202 cm³/mol. The number of hydrogen-bond donors (Lipinski definition) is 1. The molecule has 3 aromatic carbocycles. The average Bonchev–Trinajstić information content (AvgIpc) is 3.11. The number of amides is 2. The minimum Gasteiger partial charge on any atom is -0.489 e. The first-order chi connectivity index (χ1) is 24.4. The lowest BCUT2D eigenvalue weighted by molar-refractivity contribution is -0.148. The molecular weight excluding hydrogens is 706 g/mol. The average molecular weight is 756 g/mol. The van der Waals surface area contributed by atoms with Crippen LogP contribution in [0, 0.1) is 0 Å². The number of alkyl carbamates (subject to hydrolysis) is 1. The summed E-state index contributed by atoms with van der Waals surface area (Å²) < 4.78 is 47.0. The highest BCUT2D eigenvalue weighted by Gasteiger charge is 2.50. The second kappa shape index (κ2) is 17.9. The lowest BCUT2D eigenvalue weighted by atomic mass is 9.96. The van der Waals surface area contributed by atoms with Gasteiger partial charge >= 0.3 is 6.09 Å². The van der Waals surface area contributed by atoms with E-state index in [0.717, 1.165) is 22.4 Å². The number of nitrogens with one attached hydrogen (secondary N) is 1. The van der Waals surface area contributed by atoms with E-state index in [1.165, 1.54) is 4.31 Å². The van der Waals surface area contributed by atoms with Gasteiger partial charge in [0, 0.05) is 21.2 Å². The Labute approximate surface area is 308 Å². The van der Waals surface area contributed by atoms with Crippen LogP contribution in [0.15, 0.2) is 84.9 Å². The van der Waals surface area contributed by atoms with E-state index in [9.17, 15) is 18.0 Å². The van der Waals surface area contributed by atoms with Crippen molar-refractivity contribution in [2.75, 3.05) is 32.1 Å². The van der Waals surface area contributed by atoms with Gasteiger partial charge in [0.1, 0.15) is 25.0 Å². The van der Waals surface area contributed by atoms with Gasteiger partial charge in [0.2, 0.25) is 15.9 Å². The number of sulfonamides is 1. The van der Waals surface area contributed by atoms with Crippen LogP contribution in [-0.2, 0) is 43.9 Å². The van der Waals surface area contributed by atoms with E-state index in [1.807, 2.05) is 84.9 Å². The molecule has 2 heterocycles. The van der Waals surface area contributed by atoms with E-state index in [4.69, 9.17) is 25.8 Å². The van der Waals surface area contributed by atoms with Gasteiger partial charge in [-0.05, 0) is 54.1 Å². The fourth-order valence-electron chi connectivity index (χ4n) is 6.38. The van der Waals surface area contributed by atoms with Crippen molar-refractivity contribution < 1.29 is 32.2 Å². The summed E-state index contributed by atoms with van der Waals surface area (Å²) in [6.45, 7) is 7.84. The standard InChI is InChI=1S/C38H50ClN3O7SSi/c1-51(2,3)22-21-50(45,46)42-35(15-10-20-40-38(44)49-26-31-13-8-5-9-14-31)37(43)41-24-36(42)34(39)28-47-27-32(41)23-29-16-18-33(19-17-29)48-25-30-11-6-4-7-12-30/h4-9,11-14,16-19,32,34-36H,10,15,20-28H2,1-3H3,(H,40,44)/t32-,34-,35+,36-/m0/s1. The second-order valence-electron chi connectivity index (χ2n) is 14.5. The number of ether oxygens (including phenoxy) is 3. The molecule has 0 aliphatic carbocycles. The first-order valence-corrected chi connectivity index (χ1v) is 23.4. The Morgan fingerprint density at radius 2 is 1.57 bits per heavy atom. The lowest BCUT2D eigenvalue weighted by Gasteiger charge is -2.50. The van der Waals surface area contributed by atoms with Gasteiger partial charge in [-0.1, -0.05) is 92.4 Å². The molecule has 10 nitrogen and oxygen atoms in total. The summed E-state index contributed by atoms with van der Waals surface area (Å²) in [6, 6.07) is 25.8. The number of halogens is 1. The molecule has 2 bridgehead atoms. The second-order valence-corrected chi connectivity index (χ2v) is 22.7. The summed E-state index contributed by atoms with van der Waals surface area (Å²) in [4.78, 5) is 28.6. The van der Waals surface area contributed by atoms with E-state index < -0.39 is 41.7 Å².